The summed E-state index contributed by atoms with van der Waals surface area (Å²) in [4.78, 5) is 21.4. The van der Waals surface area contributed by atoms with Crippen LogP contribution in [-0.4, -0.2) is 26.1 Å². The standard InChI is InChI=1S/C19H14N4OS2/c20-7-3-8-23-10-14(13-4-1-2-5-16(13)23)17(24)11-26-19-18-15(6-9-25-18)21-12-22-19/h1-2,4-6,9-10,12H,3,8,11H2. The van der Waals surface area contributed by atoms with Crippen LogP contribution in [0.15, 0.2) is 53.3 Å². The number of carbonyl (C=O) groups is 1. The number of carbonyl (C=O) groups excluding carboxylic acids is 1. The lowest BCUT2D eigenvalue weighted by Crippen LogP contribution is -2.02. The van der Waals surface area contributed by atoms with Crippen molar-refractivity contribution in [1.29, 1.82) is 5.26 Å². The minimum Gasteiger partial charge on any atom is -0.346 e. The van der Waals surface area contributed by atoms with E-state index in [4.69, 9.17) is 5.26 Å². The predicted octanol–water partition coefficient (Wildman–Crippen LogP) is 4.53. The first-order valence-electron chi connectivity index (χ1n) is 8.07. The van der Waals surface area contributed by atoms with E-state index in [1.54, 1.807) is 11.3 Å². The van der Waals surface area contributed by atoms with E-state index in [9.17, 15) is 4.79 Å². The molecular weight excluding hydrogens is 364 g/mol. The number of benzene rings is 1. The van der Waals surface area contributed by atoms with E-state index >= 15 is 0 Å². The fourth-order valence-corrected chi connectivity index (χ4v) is 4.74. The molecule has 4 rings (SSSR count). The number of nitrogens with zero attached hydrogens (tertiary/aromatic N) is 4. The Balaban J connectivity index is 1.60. The van der Waals surface area contributed by atoms with Gasteiger partial charge >= 0.3 is 0 Å². The summed E-state index contributed by atoms with van der Waals surface area (Å²) >= 11 is 3.03. The number of thioether (sulfide) groups is 1. The van der Waals surface area contributed by atoms with Crippen LogP contribution in [-0.2, 0) is 6.54 Å². The summed E-state index contributed by atoms with van der Waals surface area (Å²) in [5, 5.41) is 12.6. The Bertz CT molecular complexity index is 1140. The van der Waals surface area contributed by atoms with Crippen molar-refractivity contribution >= 4 is 50.0 Å². The second-order valence-corrected chi connectivity index (χ2v) is 7.57. The number of thiophene rings is 1. The molecule has 0 aliphatic heterocycles. The highest BCUT2D eigenvalue weighted by Crippen LogP contribution is 2.30. The smallest absolute Gasteiger partial charge is 0.175 e. The average molecular weight is 378 g/mol. The van der Waals surface area contributed by atoms with Crippen molar-refractivity contribution in [2.45, 2.75) is 18.0 Å². The zero-order valence-corrected chi connectivity index (χ0v) is 15.4. The molecule has 0 radical (unpaired) electrons. The minimum absolute atomic E-state index is 0.0604. The van der Waals surface area contributed by atoms with Crippen molar-refractivity contribution in [3.63, 3.8) is 0 Å². The van der Waals surface area contributed by atoms with Gasteiger partial charge in [0.05, 0.1) is 28.5 Å². The Morgan fingerprint density at radius 3 is 3.04 bits per heavy atom. The average Bonchev–Trinajstić information content (AvgIpc) is 3.29. The number of nitriles is 1. The van der Waals surface area contributed by atoms with Crippen LogP contribution in [0.25, 0.3) is 21.1 Å². The van der Waals surface area contributed by atoms with Crippen LogP contribution < -0.4 is 0 Å². The number of hydrogen-bond donors (Lipinski definition) is 0. The van der Waals surface area contributed by atoms with E-state index in [1.807, 2.05) is 46.5 Å². The zero-order chi connectivity index (χ0) is 17.9. The lowest BCUT2D eigenvalue weighted by molar-refractivity contribution is 0.102. The molecule has 5 nitrogen and oxygen atoms in total. The van der Waals surface area contributed by atoms with Gasteiger partial charge in [0.1, 0.15) is 11.4 Å². The van der Waals surface area contributed by atoms with Crippen LogP contribution in [0.4, 0.5) is 0 Å². The van der Waals surface area contributed by atoms with E-state index in [1.165, 1.54) is 18.1 Å². The van der Waals surface area contributed by atoms with Gasteiger partial charge in [0.15, 0.2) is 5.78 Å². The van der Waals surface area contributed by atoms with Crippen molar-refractivity contribution in [3.05, 3.63) is 53.8 Å². The van der Waals surface area contributed by atoms with Crippen LogP contribution in [0.3, 0.4) is 0 Å². The van der Waals surface area contributed by atoms with Crippen molar-refractivity contribution < 1.29 is 4.79 Å². The number of para-hydroxylation sites is 1. The molecule has 0 aliphatic carbocycles. The summed E-state index contributed by atoms with van der Waals surface area (Å²) in [5.74, 6) is 0.376. The fourth-order valence-electron chi connectivity index (χ4n) is 2.91. The van der Waals surface area contributed by atoms with Crippen LogP contribution in [0.2, 0.25) is 0 Å². The van der Waals surface area contributed by atoms with Gasteiger partial charge in [-0.2, -0.15) is 5.26 Å². The van der Waals surface area contributed by atoms with Gasteiger partial charge in [-0.05, 0) is 17.5 Å². The number of aromatic nitrogens is 3. The molecule has 1 aromatic carbocycles. The topological polar surface area (TPSA) is 71.6 Å². The molecule has 0 N–H and O–H groups in total. The summed E-state index contributed by atoms with van der Waals surface area (Å²) in [5.41, 5.74) is 2.59. The Morgan fingerprint density at radius 1 is 1.27 bits per heavy atom. The number of rotatable bonds is 6. The Kier molecular flexibility index (Phi) is 4.69. The molecule has 0 spiro atoms. The van der Waals surface area contributed by atoms with Gasteiger partial charge in [-0.15, -0.1) is 11.3 Å². The van der Waals surface area contributed by atoms with Crippen molar-refractivity contribution in [2.24, 2.45) is 0 Å². The number of Topliss-reactive ketones (excluding diaryl/α,β-unsaturated/α-hetero) is 1. The maximum Gasteiger partial charge on any atom is 0.175 e. The van der Waals surface area contributed by atoms with Crippen LogP contribution in [0.1, 0.15) is 16.8 Å². The number of hydrogen-bond acceptors (Lipinski definition) is 6. The molecule has 4 aromatic rings. The normalized spacial score (nSPS) is 11.0. The highest BCUT2D eigenvalue weighted by atomic mass is 32.2. The van der Waals surface area contributed by atoms with Gasteiger partial charge in [-0.3, -0.25) is 4.79 Å². The molecule has 3 heterocycles. The number of ketones is 1. The highest BCUT2D eigenvalue weighted by molar-refractivity contribution is 8.00. The molecule has 0 saturated carbocycles. The number of fused-ring (bicyclic) bond motifs is 2. The quantitative estimate of drug-likeness (QED) is 0.280. The second kappa shape index (κ2) is 7.28. The van der Waals surface area contributed by atoms with E-state index in [2.05, 4.69) is 16.0 Å². The summed E-state index contributed by atoms with van der Waals surface area (Å²) < 4.78 is 3.00. The third kappa shape index (κ3) is 3.09. The Labute approximate surface area is 158 Å². The fraction of sp³-hybridized carbons (Fsp3) is 0.158. The summed E-state index contributed by atoms with van der Waals surface area (Å²) in [7, 11) is 0. The maximum atomic E-state index is 12.9. The van der Waals surface area contributed by atoms with Crippen molar-refractivity contribution in [1.82, 2.24) is 14.5 Å². The SMILES string of the molecule is N#CCCn1cc(C(=O)CSc2ncnc3ccsc23)c2ccccc21. The summed E-state index contributed by atoms with van der Waals surface area (Å²) in [6, 6.07) is 11.9. The van der Waals surface area contributed by atoms with E-state index in [0.29, 0.717) is 24.3 Å². The molecule has 26 heavy (non-hydrogen) atoms. The Hall–Kier alpha value is -2.69. The first kappa shape index (κ1) is 16.8. The maximum absolute atomic E-state index is 12.9. The second-order valence-electron chi connectivity index (χ2n) is 5.69. The van der Waals surface area contributed by atoms with E-state index in [-0.39, 0.29) is 5.78 Å². The van der Waals surface area contributed by atoms with Gasteiger partial charge in [-0.25, -0.2) is 9.97 Å². The molecule has 0 aliphatic rings. The summed E-state index contributed by atoms with van der Waals surface area (Å²) in [6.45, 7) is 0.583. The van der Waals surface area contributed by atoms with Gasteiger partial charge in [0.2, 0.25) is 0 Å². The van der Waals surface area contributed by atoms with Crippen molar-refractivity contribution in [2.75, 3.05) is 5.75 Å². The monoisotopic (exact) mass is 378 g/mol. The molecule has 0 atom stereocenters. The zero-order valence-electron chi connectivity index (χ0n) is 13.8. The molecule has 0 fully saturated rings. The lowest BCUT2D eigenvalue weighted by Gasteiger charge is -2.01. The lowest BCUT2D eigenvalue weighted by atomic mass is 10.1. The molecule has 128 valence electrons. The third-order valence-corrected chi connectivity index (χ3v) is 6.13. The molecule has 0 amide bonds. The van der Waals surface area contributed by atoms with Gasteiger partial charge in [0, 0.05) is 29.2 Å². The first-order chi connectivity index (χ1) is 12.8. The van der Waals surface area contributed by atoms with Crippen LogP contribution >= 0.6 is 23.1 Å². The third-order valence-electron chi connectivity index (χ3n) is 4.10. The summed E-state index contributed by atoms with van der Waals surface area (Å²) in [6.07, 6.45) is 3.82. The predicted molar refractivity (Wildman–Crippen MR) is 105 cm³/mol. The van der Waals surface area contributed by atoms with Crippen molar-refractivity contribution in [3.8, 4) is 6.07 Å². The van der Waals surface area contributed by atoms with E-state index in [0.717, 1.165) is 26.1 Å². The minimum atomic E-state index is 0.0604. The highest BCUT2D eigenvalue weighted by Gasteiger charge is 2.16. The van der Waals surface area contributed by atoms with E-state index < -0.39 is 0 Å². The largest absolute Gasteiger partial charge is 0.346 e. The van der Waals surface area contributed by atoms with Gasteiger partial charge < -0.3 is 4.57 Å². The van der Waals surface area contributed by atoms with Crippen LogP contribution in [0.5, 0.6) is 0 Å². The van der Waals surface area contributed by atoms with Crippen LogP contribution in [0, 0.1) is 11.3 Å². The molecule has 7 heteroatoms. The molecule has 3 aromatic heterocycles. The van der Waals surface area contributed by atoms with Gasteiger partial charge in [0.25, 0.3) is 0 Å². The molecule has 0 unspecified atom stereocenters. The Morgan fingerprint density at radius 2 is 2.15 bits per heavy atom. The number of aryl methyl sites for hydroxylation is 1. The molecule has 0 saturated heterocycles. The molecular formula is C19H14N4OS2. The van der Waals surface area contributed by atoms with Gasteiger partial charge in [-0.1, -0.05) is 30.0 Å². The molecule has 0 bridgehead atoms. The first-order valence-corrected chi connectivity index (χ1v) is 9.93.